The number of nitrogens with one attached hydrogen (secondary N) is 1. The summed E-state index contributed by atoms with van der Waals surface area (Å²) in [5.74, 6) is -1.78. The van der Waals surface area contributed by atoms with Gasteiger partial charge in [-0.2, -0.15) is 0 Å². The average Bonchev–Trinajstić information content (AvgIpc) is 2.94. The SMILES string of the molecule is CCc1ccc(N2CC(C(=O)NCC(C)(C)C(=O)O)CC2=O)cc1. The van der Waals surface area contributed by atoms with Crippen LogP contribution in [-0.2, 0) is 20.8 Å². The number of hydrogen-bond acceptors (Lipinski definition) is 3. The van der Waals surface area contributed by atoms with Crippen molar-refractivity contribution in [1.29, 1.82) is 0 Å². The van der Waals surface area contributed by atoms with Crippen LogP contribution in [0.4, 0.5) is 5.69 Å². The van der Waals surface area contributed by atoms with Gasteiger partial charge in [-0.25, -0.2) is 0 Å². The Kier molecular flexibility index (Phi) is 5.26. The summed E-state index contributed by atoms with van der Waals surface area (Å²) in [4.78, 5) is 37.2. The number of aliphatic carboxylic acids is 1. The highest BCUT2D eigenvalue weighted by Gasteiger charge is 2.36. The first-order valence-electron chi connectivity index (χ1n) is 8.15. The molecule has 1 unspecified atom stereocenters. The van der Waals surface area contributed by atoms with Crippen LogP contribution in [0.3, 0.4) is 0 Å². The molecule has 6 nitrogen and oxygen atoms in total. The molecule has 1 aromatic carbocycles. The highest BCUT2D eigenvalue weighted by Crippen LogP contribution is 2.26. The van der Waals surface area contributed by atoms with Gasteiger partial charge in [0.1, 0.15) is 0 Å². The number of nitrogens with zero attached hydrogens (tertiary/aromatic N) is 1. The molecule has 0 aliphatic carbocycles. The largest absolute Gasteiger partial charge is 0.481 e. The number of amides is 2. The number of aryl methyl sites for hydroxylation is 1. The Morgan fingerprint density at radius 2 is 1.92 bits per heavy atom. The van der Waals surface area contributed by atoms with Crippen molar-refractivity contribution in [2.45, 2.75) is 33.6 Å². The Bertz CT molecular complexity index is 637. The van der Waals surface area contributed by atoms with Crippen LogP contribution in [-0.4, -0.2) is 36.0 Å². The molecule has 0 aromatic heterocycles. The summed E-state index contributed by atoms with van der Waals surface area (Å²) < 4.78 is 0. The van der Waals surface area contributed by atoms with Crippen molar-refractivity contribution in [2.24, 2.45) is 11.3 Å². The van der Waals surface area contributed by atoms with E-state index in [9.17, 15) is 14.4 Å². The standard InChI is InChI=1S/C18H24N2O4/c1-4-12-5-7-14(8-6-12)20-10-13(9-15(20)21)16(22)19-11-18(2,3)17(23)24/h5-8,13H,4,9-11H2,1-3H3,(H,19,22)(H,23,24). The minimum Gasteiger partial charge on any atom is -0.481 e. The molecule has 2 rings (SSSR count). The van der Waals surface area contributed by atoms with Gasteiger partial charge in [-0.15, -0.1) is 0 Å². The number of anilines is 1. The van der Waals surface area contributed by atoms with E-state index < -0.39 is 17.3 Å². The van der Waals surface area contributed by atoms with E-state index >= 15 is 0 Å². The first-order valence-corrected chi connectivity index (χ1v) is 8.15. The number of carboxylic acid groups (broad SMARTS) is 1. The van der Waals surface area contributed by atoms with Crippen molar-refractivity contribution in [3.63, 3.8) is 0 Å². The molecule has 1 heterocycles. The minimum atomic E-state index is -1.03. The van der Waals surface area contributed by atoms with Gasteiger partial charge in [-0.3, -0.25) is 14.4 Å². The van der Waals surface area contributed by atoms with Crippen molar-refractivity contribution >= 4 is 23.5 Å². The molecule has 0 radical (unpaired) electrons. The molecule has 0 bridgehead atoms. The summed E-state index contributed by atoms with van der Waals surface area (Å²) in [7, 11) is 0. The molecule has 2 amide bonds. The minimum absolute atomic E-state index is 0.0387. The van der Waals surface area contributed by atoms with Crippen LogP contribution in [0.1, 0.15) is 32.8 Å². The quantitative estimate of drug-likeness (QED) is 0.832. The fourth-order valence-corrected chi connectivity index (χ4v) is 2.57. The van der Waals surface area contributed by atoms with Crippen molar-refractivity contribution in [2.75, 3.05) is 18.0 Å². The van der Waals surface area contributed by atoms with E-state index in [0.29, 0.717) is 6.54 Å². The molecule has 1 fully saturated rings. The smallest absolute Gasteiger partial charge is 0.310 e. The highest BCUT2D eigenvalue weighted by atomic mass is 16.4. The molecule has 0 spiro atoms. The lowest BCUT2D eigenvalue weighted by Gasteiger charge is -2.21. The average molecular weight is 332 g/mol. The van der Waals surface area contributed by atoms with E-state index in [0.717, 1.165) is 12.1 Å². The Labute approximate surface area is 141 Å². The van der Waals surface area contributed by atoms with E-state index in [1.54, 1.807) is 18.7 Å². The van der Waals surface area contributed by atoms with Crippen LogP contribution >= 0.6 is 0 Å². The number of carbonyl (C=O) groups excluding carboxylic acids is 2. The van der Waals surface area contributed by atoms with Gasteiger partial charge in [0.05, 0.1) is 11.3 Å². The maximum absolute atomic E-state index is 12.3. The predicted octanol–water partition coefficient (Wildman–Crippen LogP) is 1.83. The molecule has 6 heteroatoms. The van der Waals surface area contributed by atoms with E-state index in [-0.39, 0.29) is 24.8 Å². The first-order chi connectivity index (χ1) is 11.2. The van der Waals surface area contributed by atoms with Crippen LogP contribution in [0.5, 0.6) is 0 Å². The van der Waals surface area contributed by atoms with Gasteiger partial charge in [0.25, 0.3) is 0 Å². The highest BCUT2D eigenvalue weighted by molar-refractivity contribution is 6.00. The Balaban J connectivity index is 1.98. The molecule has 1 atom stereocenters. The van der Waals surface area contributed by atoms with Crippen molar-refractivity contribution in [1.82, 2.24) is 5.32 Å². The zero-order valence-corrected chi connectivity index (χ0v) is 14.3. The number of carbonyl (C=O) groups is 3. The van der Waals surface area contributed by atoms with Crippen molar-refractivity contribution < 1.29 is 19.5 Å². The summed E-state index contributed by atoms with van der Waals surface area (Å²) in [5, 5.41) is 11.7. The maximum atomic E-state index is 12.3. The second-order valence-electron chi connectivity index (χ2n) is 6.83. The second-order valence-corrected chi connectivity index (χ2v) is 6.83. The Morgan fingerprint density at radius 1 is 1.29 bits per heavy atom. The lowest BCUT2D eigenvalue weighted by atomic mass is 9.93. The van der Waals surface area contributed by atoms with E-state index in [1.807, 2.05) is 24.3 Å². The molecule has 130 valence electrons. The molecule has 0 saturated carbocycles. The van der Waals surface area contributed by atoms with Crippen LogP contribution in [0, 0.1) is 11.3 Å². The first kappa shape index (κ1) is 18.0. The monoisotopic (exact) mass is 332 g/mol. The lowest BCUT2D eigenvalue weighted by molar-refractivity contribution is -0.147. The molecule has 2 N–H and O–H groups in total. The lowest BCUT2D eigenvalue weighted by Crippen LogP contribution is -2.41. The fraction of sp³-hybridized carbons (Fsp3) is 0.500. The van der Waals surface area contributed by atoms with Gasteiger partial charge in [-0.05, 0) is 38.0 Å². The fourth-order valence-electron chi connectivity index (χ4n) is 2.57. The number of benzene rings is 1. The molecule has 1 aliphatic rings. The molecule has 24 heavy (non-hydrogen) atoms. The third-order valence-electron chi connectivity index (χ3n) is 4.44. The third-order valence-corrected chi connectivity index (χ3v) is 4.44. The molecular formula is C18H24N2O4. The summed E-state index contributed by atoms with van der Waals surface area (Å²) in [5.41, 5.74) is 0.947. The normalized spacial score (nSPS) is 17.9. The summed E-state index contributed by atoms with van der Waals surface area (Å²) >= 11 is 0. The summed E-state index contributed by atoms with van der Waals surface area (Å²) in [6, 6.07) is 7.74. The van der Waals surface area contributed by atoms with Gasteiger partial charge >= 0.3 is 5.97 Å². The van der Waals surface area contributed by atoms with Crippen LogP contribution in [0.25, 0.3) is 0 Å². The zero-order chi connectivity index (χ0) is 17.9. The molecule has 1 aliphatic heterocycles. The van der Waals surface area contributed by atoms with E-state index in [1.165, 1.54) is 5.56 Å². The second kappa shape index (κ2) is 7.03. The Morgan fingerprint density at radius 3 is 2.46 bits per heavy atom. The number of carboxylic acids is 1. The van der Waals surface area contributed by atoms with Crippen molar-refractivity contribution in [3.05, 3.63) is 29.8 Å². The van der Waals surface area contributed by atoms with Gasteiger partial charge in [0.15, 0.2) is 0 Å². The summed E-state index contributed by atoms with van der Waals surface area (Å²) in [6.45, 7) is 5.53. The number of rotatable bonds is 6. The number of hydrogen-bond donors (Lipinski definition) is 2. The van der Waals surface area contributed by atoms with E-state index in [4.69, 9.17) is 5.11 Å². The molecular weight excluding hydrogens is 308 g/mol. The maximum Gasteiger partial charge on any atom is 0.310 e. The predicted molar refractivity (Wildman–Crippen MR) is 90.7 cm³/mol. The van der Waals surface area contributed by atoms with Crippen molar-refractivity contribution in [3.8, 4) is 0 Å². The third kappa shape index (κ3) is 3.93. The van der Waals surface area contributed by atoms with Crippen LogP contribution in [0.2, 0.25) is 0 Å². The molecule has 1 aromatic rings. The topological polar surface area (TPSA) is 86.7 Å². The Hall–Kier alpha value is -2.37. The van der Waals surface area contributed by atoms with Gasteiger partial charge in [0.2, 0.25) is 11.8 Å². The molecule has 1 saturated heterocycles. The van der Waals surface area contributed by atoms with Crippen LogP contribution < -0.4 is 10.2 Å². The van der Waals surface area contributed by atoms with E-state index in [2.05, 4.69) is 12.2 Å². The van der Waals surface area contributed by atoms with Gasteiger partial charge in [0, 0.05) is 25.2 Å². The van der Waals surface area contributed by atoms with Crippen LogP contribution in [0.15, 0.2) is 24.3 Å². The zero-order valence-electron chi connectivity index (χ0n) is 14.3. The van der Waals surface area contributed by atoms with Gasteiger partial charge in [-0.1, -0.05) is 19.1 Å². The summed E-state index contributed by atoms with van der Waals surface area (Å²) in [6.07, 6.45) is 1.08. The van der Waals surface area contributed by atoms with Gasteiger partial charge < -0.3 is 15.3 Å².